The van der Waals surface area contributed by atoms with Crippen LogP contribution in [-0.4, -0.2) is 17.2 Å². The lowest BCUT2D eigenvalue weighted by molar-refractivity contribution is -0.118. The van der Waals surface area contributed by atoms with Gasteiger partial charge in [-0.2, -0.15) is 5.10 Å². The van der Waals surface area contributed by atoms with Crippen molar-refractivity contribution in [3.8, 4) is 0 Å². The van der Waals surface area contributed by atoms with Crippen LogP contribution in [0.1, 0.15) is 62.1 Å². The first-order valence-corrected chi connectivity index (χ1v) is 10.1. The molecule has 1 amide bonds. The van der Waals surface area contributed by atoms with E-state index in [-0.39, 0.29) is 23.2 Å². The van der Waals surface area contributed by atoms with Crippen LogP contribution in [0.15, 0.2) is 59.2 Å². The van der Waals surface area contributed by atoms with E-state index in [0.717, 1.165) is 31.2 Å². The topological polar surface area (TPSA) is 61.7 Å². The predicted molar refractivity (Wildman–Crippen MR) is 114 cm³/mol. The van der Waals surface area contributed by atoms with Crippen molar-refractivity contribution < 1.29 is 14.3 Å². The highest BCUT2D eigenvalue weighted by molar-refractivity contribution is 6.01. The summed E-state index contributed by atoms with van der Waals surface area (Å²) in [5, 5.41) is 14.7. The van der Waals surface area contributed by atoms with Crippen molar-refractivity contribution in [2.45, 2.75) is 45.4 Å². The van der Waals surface area contributed by atoms with Gasteiger partial charge >= 0.3 is 0 Å². The van der Waals surface area contributed by atoms with Gasteiger partial charge in [0.2, 0.25) is 0 Å². The van der Waals surface area contributed by atoms with E-state index < -0.39 is 11.7 Å². The van der Waals surface area contributed by atoms with E-state index >= 15 is 0 Å². The average Bonchev–Trinajstić information content (AvgIpc) is 2.72. The fourth-order valence-electron chi connectivity index (χ4n) is 4.00. The number of carbonyl (C=O) groups excluding carboxylic acids is 1. The Kier molecular flexibility index (Phi) is 6.81. The highest BCUT2D eigenvalue weighted by atomic mass is 19.1. The Morgan fingerprint density at radius 1 is 1.17 bits per heavy atom. The largest absolute Gasteiger partial charge is 0.507 e. The Morgan fingerprint density at radius 2 is 1.90 bits per heavy atom. The van der Waals surface area contributed by atoms with Gasteiger partial charge in [0, 0.05) is 11.1 Å². The lowest BCUT2D eigenvalue weighted by atomic mass is 9.72. The predicted octanol–water partition coefficient (Wildman–Crippen LogP) is 5.56. The molecule has 0 saturated heterocycles. The molecule has 1 aliphatic rings. The SMILES string of the molecule is CCCCCC1c2ccccc2C(O)=C(C(=O)N/N=C/c2ccccc2F)C1C. The number of hydrogen-bond acceptors (Lipinski definition) is 3. The van der Waals surface area contributed by atoms with Crippen LogP contribution in [0.4, 0.5) is 4.39 Å². The lowest BCUT2D eigenvalue weighted by Gasteiger charge is -2.32. The molecule has 3 rings (SSSR count). The van der Waals surface area contributed by atoms with Crippen molar-refractivity contribution in [1.29, 1.82) is 0 Å². The average molecular weight is 394 g/mol. The number of carbonyl (C=O) groups is 1. The molecule has 0 spiro atoms. The molecule has 0 heterocycles. The maximum Gasteiger partial charge on any atom is 0.271 e. The standard InChI is InChI=1S/C24H27FN2O2/c1-3-4-5-11-18-16(2)22(23(28)20-13-8-7-12-19(18)20)24(29)27-26-15-17-10-6-9-14-21(17)25/h6-10,12-16,18,28H,3-5,11H2,1-2H3,(H,27,29)/b26-15+. The van der Waals surface area contributed by atoms with Crippen molar-refractivity contribution in [2.75, 3.05) is 0 Å². The van der Waals surface area contributed by atoms with E-state index in [1.54, 1.807) is 18.2 Å². The highest BCUT2D eigenvalue weighted by Gasteiger charge is 2.35. The number of nitrogens with one attached hydrogen (secondary N) is 1. The maximum absolute atomic E-state index is 13.7. The van der Waals surface area contributed by atoms with E-state index in [9.17, 15) is 14.3 Å². The Labute approximate surface area is 171 Å². The number of amides is 1. The summed E-state index contributed by atoms with van der Waals surface area (Å²) in [7, 11) is 0. The van der Waals surface area contributed by atoms with Gasteiger partial charge in [0.25, 0.3) is 5.91 Å². The number of hydrogen-bond donors (Lipinski definition) is 2. The van der Waals surface area contributed by atoms with Crippen molar-refractivity contribution in [3.05, 3.63) is 76.6 Å². The van der Waals surface area contributed by atoms with Gasteiger partial charge in [-0.3, -0.25) is 4.79 Å². The van der Waals surface area contributed by atoms with Gasteiger partial charge in [-0.1, -0.05) is 75.6 Å². The third kappa shape index (κ3) is 4.56. The first-order chi connectivity index (χ1) is 14.0. The van der Waals surface area contributed by atoms with Crippen LogP contribution in [0.2, 0.25) is 0 Å². The summed E-state index contributed by atoms with van der Waals surface area (Å²) in [6.07, 6.45) is 5.55. The molecule has 0 radical (unpaired) electrons. The first-order valence-electron chi connectivity index (χ1n) is 10.1. The van der Waals surface area contributed by atoms with E-state index in [1.165, 1.54) is 12.3 Å². The summed E-state index contributed by atoms with van der Waals surface area (Å²) in [5.41, 5.74) is 4.85. The number of fused-ring (bicyclic) bond motifs is 1. The smallest absolute Gasteiger partial charge is 0.271 e. The number of hydrazone groups is 1. The molecule has 29 heavy (non-hydrogen) atoms. The first kappa shape index (κ1) is 20.8. The molecular formula is C24H27FN2O2. The number of halogens is 1. The summed E-state index contributed by atoms with van der Waals surface area (Å²) in [6, 6.07) is 13.9. The number of benzene rings is 2. The minimum Gasteiger partial charge on any atom is -0.507 e. The fourth-order valence-corrected chi connectivity index (χ4v) is 4.00. The molecule has 1 aliphatic carbocycles. The van der Waals surface area contributed by atoms with E-state index in [4.69, 9.17) is 0 Å². The van der Waals surface area contributed by atoms with Crippen LogP contribution in [0, 0.1) is 11.7 Å². The second-order valence-electron chi connectivity index (χ2n) is 7.46. The molecule has 0 aromatic heterocycles. The minimum absolute atomic E-state index is 0.00145. The zero-order chi connectivity index (χ0) is 20.8. The number of aliphatic hydroxyl groups is 1. The van der Waals surface area contributed by atoms with E-state index in [0.29, 0.717) is 11.1 Å². The van der Waals surface area contributed by atoms with Gasteiger partial charge in [-0.05, 0) is 29.9 Å². The molecular weight excluding hydrogens is 367 g/mol. The van der Waals surface area contributed by atoms with Gasteiger partial charge in [0.15, 0.2) is 0 Å². The van der Waals surface area contributed by atoms with Crippen molar-refractivity contribution in [1.82, 2.24) is 5.43 Å². The third-order valence-electron chi connectivity index (χ3n) is 5.57. The van der Waals surface area contributed by atoms with Crippen LogP contribution in [0.3, 0.4) is 0 Å². The number of aliphatic hydroxyl groups excluding tert-OH is 1. The molecule has 152 valence electrons. The molecule has 2 atom stereocenters. The van der Waals surface area contributed by atoms with Crippen LogP contribution in [0.25, 0.3) is 5.76 Å². The second-order valence-corrected chi connectivity index (χ2v) is 7.46. The summed E-state index contributed by atoms with van der Waals surface area (Å²) < 4.78 is 13.7. The molecule has 2 N–H and O–H groups in total. The molecule has 0 fully saturated rings. The van der Waals surface area contributed by atoms with Gasteiger partial charge in [-0.25, -0.2) is 9.82 Å². The molecule has 0 bridgehead atoms. The minimum atomic E-state index is -0.461. The van der Waals surface area contributed by atoms with Crippen LogP contribution >= 0.6 is 0 Å². The molecule has 2 aromatic carbocycles. The molecule has 0 saturated carbocycles. The summed E-state index contributed by atoms with van der Waals surface area (Å²) >= 11 is 0. The Bertz CT molecular complexity index is 936. The molecule has 0 aliphatic heterocycles. The summed E-state index contributed by atoms with van der Waals surface area (Å²) in [6.45, 7) is 4.13. The quantitative estimate of drug-likeness (QED) is 0.367. The highest BCUT2D eigenvalue weighted by Crippen LogP contribution is 2.44. The Balaban J connectivity index is 1.84. The molecule has 2 aromatic rings. The van der Waals surface area contributed by atoms with Crippen molar-refractivity contribution >= 4 is 17.9 Å². The lowest BCUT2D eigenvalue weighted by Crippen LogP contribution is -2.30. The molecule has 4 nitrogen and oxygen atoms in total. The van der Waals surface area contributed by atoms with E-state index in [2.05, 4.69) is 17.5 Å². The normalized spacial score (nSPS) is 18.7. The van der Waals surface area contributed by atoms with Gasteiger partial charge in [0.05, 0.1) is 11.8 Å². The molecule has 5 heteroatoms. The number of nitrogens with zero attached hydrogens (tertiary/aromatic N) is 1. The monoisotopic (exact) mass is 394 g/mol. The number of unbranched alkanes of at least 4 members (excludes halogenated alkanes) is 2. The zero-order valence-electron chi connectivity index (χ0n) is 16.9. The Morgan fingerprint density at radius 3 is 2.66 bits per heavy atom. The van der Waals surface area contributed by atoms with Crippen LogP contribution in [-0.2, 0) is 4.79 Å². The Hall–Kier alpha value is -2.95. The van der Waals surface area contributed by atoms with Gasteiger partial charge in [0.1, 0.15) is 11.6 Å². The fraction of sp³-hybridized carbons (Fsp3) is 0.333. The maximum atomic E-state index is 13.7. The summed E-state index contributed by atoms with van der Waals surface area (Å²) in [5.74, 6) is -0.866. The van der Waals surface area contributed by atoms with Crippen molar-refractivity contribution in [2.24, 2.45) is 11.0 Å². The summed E-state index contributed by atoms with van der Waals surface area (Å²) in [4.78, 5) is 12.8. The van der Waals surface area contributed by atoms with Crippen LogP contribution in [0.5, 0.6) is 0 Å². The van der Waals surface area contributed by atoms with E-state index in [1.807, 2.05) is 31.2 Å². The molecule has 2 unspecified atom stereocenters. The zero-order valence-corrected chi connectivity index (χ0v) is 16.9. The van der Waals surface area contributed by atoms with Gasteiger partial charge in [-0.15, -0.1) is 0 Å². The van der Waals surface area contributed by atoms with Gasteiger partial charge < -0.3 is 5.11 Å². The number of rotatable bonds is 7. The third-order valence-corrected chi connectivity index (χ3v) is 5.57. The van der Waals surface area contributed by atoms with Crippen LogP contribution < -0.4 is 5.43 Å². The van der Waals surface area contributed by atoms with Crippen molar-refractivity contribution in [3.63, 3.8) is 0 Å². The second kappa shape index (κ2) is 9.50.